The smallest absolute Gasteiger partial charge is 0.244 e. The molecule has 1 heterocycles. The van der Waals surface area contributed by atoms with Crippen LogP contribution in [0, 0.1) is 11.8 Å². The van der Waals surface area contributed by atoms with E-state index in [4.69, 9.17) is 5.11 Å². The summed E-state index contributed by atoms with van der Waals surface area (Å²) < 4.78 is 26.0. The summed E-state index contributed by atoms with van der Waals surface area (Å²) in [6.07, 6.45) is 2.76. The Kier molecular flexibility index (Phi) is 6.10. The highest BCUT2D eigenvalue weighted by molar-refractivity contribution is 7.89. The van der Waals surface area contributed by atoms with Crippen molar-refractivity contribution in [2.45, 2.75) is 4.90 Å². The Morgan fingerprint density at radius 1 is 1.25 bits per heavy atom. The van der Waals surface area contributed by atoms with Gasteiger partial charge in [-0.25, -0.2) is 8.42 Å². The fourth-order valence-corrected chi connectivity index (χ4v) is 2.56. The average Bonchev–Trinajstić information content (AvgIpc) is 2.42. The molecule has 0 fully saturated rings. The molecule has 0 spiro atoms. The topological polar surface area (TPSA) is 73.7 Å². The summed E-state index contributed by atoms with van der Waals surface area (Å²) in [6.45, 7) is 0.745. The minimum absolute atomic E-state index is 0.100. The molecule has 1 N–H and O–H groups in total. The maximum absolute atomic E-state index is 12.3. The van der Waals surface area contributed by atoms with Crippen molar-refractivity contribution in [2.24, 2.45) is 0 Å². The van der Waals surface area contributed by atoms with Crippen molar-refractivity contribution in [3.63, 3.8) is 0 Å². The molecule has 6 nitrogen and oxygen atoms in total. The molecule has 0 unspecified atom stereocenters. The second-order valence-corrected chi connectivity index (χ2v) is 6.54. The maximum Gasteiger partial charge on any atom is 0.244 e. The summed E-state index contributed by atoms with van der Waals surface area (Å²) in [7, 11) is 1.73. The van der Waals surface area contributed by atoms with Gasteiger partial charge in [0.05, 0.1) is 0 Å². The Morgan fingerprint density at radius 3 is 2.55 bits per heavy atom. The van der Waals surface area contributed by atoms with E-state index in [9.17, 15) is 8.42 Å². The number of aliphatic hydroxyl groups excluding tert-OH is 1. The Labute approximate surface area is 120 Å². The maximum atomic E-state index is 12.3. The first-order chi connectivity index (χ1) is 9.37. The van der Waals surface area contributed by atoms with Crippen LogP contribution in [-0.2, 0) is 10.0 Å². The lowest BCUT2D eigenvalue weighted by molar-refractivity contribution is 0.350. The van der Waals surface area contributed by atoms with Crippen LogP contribution in [0.2, 0.25) is 0 Å². The molecule has 0 amide bonds. The summed E-state index contributed by atoms with van der Waals surface area (Å²) in [5.41, 5.74) is 0.459. The lowest BCUT2D eigenvalue weighted by Gasteiger charge is -2.19. The molecule has 0 saturated heterocycles. The Balaban J connectivity index is 2.97. The van der Waals surface area contributed by atoms with Gasteiger partial charge in [-0.2, -0.15) is 4.31 Å². The fourth-order valence-electron chi connectivity index (χ4n) is 1.41. The van der Waals surface area contributed by atoms with Gasteiger partial charge in [-0.05, 0) is 20.2 Å². The van der Waals surface area contributed by atoms with Crippen molar-refractivity contribution in [1.29, 1.82) is 0 Å². The second-order valence-electron chi connectivity index (χ2n) is 4.50. The molecular weight excluding hydrogens is 278 g/mol. The number of nitrogens with zero attached hydrogens (tertiary/aromatic N) is 3. The van der Waals surface area contributed by atoms with Gasteiger partial charge in [-0.3, -0.25) is 4.98 Å². The average molecular weight is 297 g/mol. The molecule has 20 heavy (non-hydrogen) atoms. The standard InChI is InChI=1S/C13H19N3O3S/c1-15(2)6-7-16(3)20(18,19)13-9-12(5-4-8-17)10-14-11-13/h9-11,17H,6-8H2,1-3H3. The zero-order valence-corrected chi connectivity index (χ0v) is 12.7. The van der Waals surface area contributed by atoms with Gasteiger partial charge >= 0.3 is 0 Å². The molecule has 1 aromatic heterocycles. The van der Waals surface area contributed by atoms with Crippen LogP contribution in [0.25, 0.3) is 0 Å². The van der Waals surface area contributed by atoms with E-state index in [0.717, 1.165) is 0 Å². The van der Waals surface area contributed by atoms with E-state index in [-0.39, 0.29) is 11.5 Å². The van der Waals surface area contributed by atoms with Crippen molar-refractivity contribution in [3.05, 3.63) is 24.0 Å². The first kappa shape index (κ1) is 16.6. The Hall–Kier alpha value is -1.46. The van der Waals surface area contributed by atoms with Crippen LogP contribution in [0.5, 0.6) is 0 Å². The van der Waals surface area contributed by atoms with Crippen LogP contribution < -0.4 is 0 Å². The normalized spacial score (nSPS) is 11.5. The minimum Gasteiger partial charge on any atom is -0.384 e. The van der Waals surface area contributed by atoms with Gasteiger partial charge in [0.1, 0.15) is 11.5 Å². The third-order valence-corrected chi connectivity index (χ3v) is 4.42. The highest BCUT2D eigenvalue weighted by Gasteiger charge is 2.21. The number of aliphatic hydroxyl groups is 1. The van der Waals surface area contributed by atoms with Gasteiger partial charge in [-0.1, -0.05) is 11.8 Å². The summed E-state index contributed by atoms with van der Waals surface area (Å²) in [5, 5.41) is 8.64. The van der Waals surface area contributed by atoms with Gasteiger partial charge in [-0.15, -0.1) is 0 Å². The molecule has 0 bridgehead atoms. The molecular formula is C13H19N3O3S. The predicted octanol–water partition coefficient (Wildman–Crippen LogP) is -0.392. The van der Waals surface area contributed by atoms with E-state index in [1.807, 2.05) is 19.0 Å². The molecule has 0 aliphatic rings. The van der Waals surface area contributed by atoms with Crippen LogP contribution in [-0.4, -0.2) is 68.6 Å². The van der Waals surface area contributed by atoms with Gasteiger partial charge in [0, 0.05) is 38.1 Å². The van der Waals surface area contributed by atoms with Crippen LogP contribution >= 0.6 is 0 Å². The van der Waals surface area contributed by atoms with E-state index in [1.54, 1.807) is 0 Å². The molecule has 0 saturated carbocycles. The molecule has 0 aliphatic heterocycles. The summed E-state index contributed by atoms with van der Waals surface area (Å²) in [4.78, 5) is 5.89. The molecule has 110 valence electrons. The van der Waals surface area contributed by atoms with E-state index < -0.39 is 10.0 Å². The fraction of sp³-hybridized carbons (Fsp3) is 0.462. The molecule has 0 aliphatic carbocycles. The number of sulfonamides is 1. The van der Waals surface area contributed by atoms with Crippen LogP contribution in [0.15, 0.2) is 23.4 Å². The molecule has 7 heteroatoms. The van der Waals surface area contributed by atoms with E-state index in [2.05, 4.69) is 16.8 Å². The largest absolute Gasteiger partial charge is 0.384 e. The van der Waals surface area contributed by atoms with Crippen molar-refractivity contribution in [2.75, 3.05) is 40.8 Å². The van der Waals surface area contributed by atoms with E-state index in [0.29, 0.717) is 18.7 Å². The molecule has 0 aromatic carbocycles. The number of pyridine rings is 1. The quantitative estimate of drug-likeness (QED) is 0.749. The van der Waals surface area contributed by atoms with Crippen LogP contribution in [0.4, 0.5) is 0 Å². The molecule has 1 rings (SSSR count). The molecule has 0 atom stereocenters. The number of hydrogen-bond acceptors (Lipinski definition) is 5. The van der Waals surface area contributed by atoms with Crippen LogP contribution in [0.1, 0.15) is 5.56 Å². The number of likely N-dealkylation sites (N-methyl/N-ethyl adjacent to an activating group) is 2. The Morgan fingerprint density at radius 2 is 1.95 bits per heavy atom. The lowest BCUT2D eigenvalue weighted by Crippen LogP contribution is -2.33. The van der Waals surface area contributed by atoms with Crippen molar-refractivity contribution in [1.82, 2.24) is 14.2 Å². The SMILES string of the molecule is CN(C)CCN(C)S(=O)(=O)c1cncc(C#CCO)c1. The first-order valence-electron chi connectivity index (χ1n) is 6.04. The molecule has 0 radical (unpaired) electrons. The minimum atomic E-state index is -3.57. The van der Waals surface area contributed by atoms with Crippen molar-refractivity contribution < 1.29 is 13.5 Å². The number of rotatable bonds is 5. The number of aromatic nitrogens is 1. The third kappa shape index (κ3) is 4.58. The highest BCUT2D eigenvalue weighted by Crippen LogP contribution is 2.14. The predicted molar refractivity (Wildman–Crippen MR) is 76.6 cm³/mol. The number of hydrogen-bond donors (Lipinski definition) is 1. The summed E-state index contributed by atoms with van der Waals surface area (Å²) in [5.74, 6) is 5.11. The highest BCUT2D eigenvalue weighted by atomic mass is 32.2. The van der Waals surface area contributed by atoms with E-state index in [1.165, 1.54) is 29.8 Å². The second kappa shape index (κ2) is 7.36. The van der Waals surface area contributed by atoms with Gasteiger partial charge in [0.25, 0.3) is 0 Å². The van der Waals surface area contributed by atoms with Crippen LogP contribution in [0.3, 0.4) is 0 Å². The first-order valence-corrected chi connectivity index (χ1v) is 7.48. The van der Waals surface area contributed by atoms with E-state index >= 15 is 0 Å². The van der Waals surface area contributed by atoms with Crippen molar-refractivity contribution in [3.8, 4) is 11.8 Å². The Bertz CT molecular complexity index is 603. The summed E-state index contributed by atoms with van der Waals surface area (Å²) in [6, 6.07) is 1.46. The summed E-state index contributed by atoms with van der Waals surface area (Å²) >= 11 is 0. The lowest BCUT2D eigenvalue weighted by atomic mass is 10.3. The zero-order chi connectivity index (χ0) is 15.2. The third-order valence-electron chi connectivity index (χ3n) is 2.60. The van der Waals surface area contributed by atoms with Crippen molar-refractivity contribution >= 4 is 10.0 Å². The van der Waals surface area contributed by atoms with Gasteiger partial charge < -0.3 is 10.0 Å². The monoisotopic (exact) mass is 297 g/mol. The molecule has 1 aromatic rings. The van der Waals surface area contributed by atoms with Gasteiger partial charge in [0.2, 0.25) is 10.0 Å². The van der Waals surface area contributed by atoms with Gasteiger partial charge in [0.15, 0.2) is 0 Å². The zero-order valence-electron chi connectivity index (χ0n) is 11.9.